The van der Waals surface area contributed by atoms with Crippen molar-refractivity contribution in [2.24, 2.45) is 0 Å². The maximum Gasteiger partial charge on any atom is 0.326 e. The Kier molecular flexibility index (Phi) is 11.7. The summed E-state index contributed by atoms with van der Waals surface area (Å²) >= 11 is 0. The third-order valence-electron chi connectivity index (χ3n) is 31.4. The molecule has 30 aliphatic heterocycles. The van der Waals surface area contributed by atoms with Crippen LogP contribution in [0, 0.1) is 0 Å². The number of carbonyl (C=O) groups excluding carboxylic acids is 20. The lowest BCUT2D eigenvalue weighted by Crippen LogP contribution is -2.63. The average molecular weight is 1730 g/mol. The van der Waals surface area contributed by atoms with Crippen LogP contribution in [-0.2, 0) is 0 Å². The maximum atomic E-state index is 15.8. The van der Waals surface area contributed by atoms with Crippen LogP contribution in [0.2, 0.25) is 0 Å². The molecule has 0 unspecified atom stereocenters. The molecule has 30 rings (SSSR count). The first-order valence-corrected chi connectivity index (χ1v) is 39.3. The first-order chi connectivity index (χ1) is 57.9. The molecule has 0 radical (unpaired) electrons. The Balaban J connectivity index is 0.00000201. The van der Waals surface area contributed by atoms with E-state index in [2.05, 4.69) is 0 Å². The molecule has 0 spiro atoms. The van der Waals surface area contributed by atoms with Gasteiger partial charge < -0.3 is 0 Å². The lowest BCUT2D eigenvalue weighted by atomic mass is 10.2. The maximum absolute atomic E-state index is 15.8. The molecular weight excluding hydrogens is 1650 g/mol. The molecule has 40 amide bonds. The lowest BCUT2D eigenvalue weighted by Gasteiger charge is -2.42. The molecular formula is C64H76N40O20. The highest BCUT2D eigenvalue weighted by Gasteiger charge is 2.80. The van der Waals surface area contributed by atoms with E-state index < -0.39 is 377 Å². The van der Waals surface area contributed by atoms with E-state index in [9.17, 15) is 0 Å². The molecule has 30 fully saturated rings. The van der Waals surface area contributed by atoms with Crippen LogP contribution in [0.3, 0.4) is 0 Å². The molecule has 0 bridgehead atoms. The summed E-state index contributed by atoms with van der Waals surface area (Å²) in [6, 6.07) is -15.9. The number of hydrogen-bond acceptors (Lipinski definition) is 20. The van der Waals surface area contributed by atoms with Crippen molar-refractivity contribution >= 4 is 121 Å². The normalized spacial score (nSPS) is 39.0. The summed E-state index contributed by atoms with van der Waals surface area (Å²) in [6.45, 7) is -12.4. The van der Waals surface area contributed by atoms with Crippen LogP contribution in [0.5, 0.6) is 0 Å². The molecule has 0 saturated carbocycles. The Morgan fingerprint density at radius 3 is 0.153 bits per heavy atom. The molecule has 0 N–H and O–H groups in total. The van der Waals surface area contributed by atoms with Crippen molar-refractivity contribution in [1.82, 2.24) is 196 Å². The Hall–Kier alpha value is -14.6. The van der Waals surface area contributed by atoms with E-state index >= 15 is 95.9 Å². The quantitative estimate of drug-likeness (QED) is 0.217. The molecule has 0 aliphatic carbocycles. The molecule has 0 aromatic heterocycles. The highest BCUT2D eigenvalue weighted by Crippen LogP contribution is 2.56. The third-order valence-corrected chi connectivity index (χ3v) is 31.4. The highest BCUT2D eigenvalue weighted by molar-refractivity contribution is 5.98. The predicted octanol–water partition coefficient (Wildman–Crippen LogP) is -6.90. The molecule has 60 nitrogen and oxygen atoms in total. The number of hydrogen-bond donors (Lipinski definition) is 0. The molecule has 652 valence electrons. The monoisotopic (exact) mass is 1720 g/mol. The average Bonchev–Trinajstić information content (AvgIpc) is 1.52. The van der Waals surface area contributed by atoms with E-state index in [0.29, 0.717) is 0 Å². The lowest BCUT2D eigenvalue weighted by molar-refractivity contribution is -0.0210. The zero-order chi connectivity index (χ0) is 80.3. The summed E-state index contributed by atoms with van der Waals surface area (Å²) in [7, 11) is 0. The fraction of sp³-hybridized carbons (Fsp3) is 0.688. The Bertz CT molecular complexity index is 3800. The summed E-state index contributed by atoms with van der Waals surface area (Å²) in [5, 5.41) is 0. The van der Waals surface area contributed by atoms with E-state index in [1.807, 2.05) is 0 Å². The largest absolute Gasteiger partial charge is 0.326 e. The number of carbonyl (C=O) groups is 20. The fourth-order valence-electron chi connectivity index (χ4n) is 26.7. The standard InChI is InChI=1S/C60H60N40O20.4CH4/c101-41-61-1-62-22-24-66(42(62)102)4-70-26-28-74(46(70)106)8-78-30-32-82(50(78)110)12-86-34-36-90(54(86)114)16-94-38-40-98(58(94)118)19-97-39-37-93(57(97)117)15-89-35-33-85(53(89)113)11-81-31-29-77(49(81)109)7-73-27-25-69(45(73)105)3-65(41)23-21(61)63-2-64(22)44(104)68(24)6-72(26)48(108)76(28)10-80(30)52(112)84(32)14-88(34)56(116)92(36)18-96(38)60(120)100(40)20-99(39)59(119)95(37)17-91(35)55(115)87(33)13-83(31)51(111)79(29)9-75(27)47(107)71(25)5-67(23)43(63)103;;;;/h21-40H,1-20H2;4*1H4. The van der Waals surface area contributed by atoms with Gasteiger partial charge in [0.05, 0.1) is 0 Å². The molecule has 60 heteroatoms. The van der Waals surface area contributed by atoms with Crippen molar-refractivity contribution in [3.63, 3.8) is 0 Å². The van der Waals surface area contributed by atoms with Crippen molar-refractivity contribution in [1.29, 1.82) is 0 Å². The highest BCUT2D eigenvalue weighted by atomic mass is 16.3. The van der Waals surface area contributed by atoms with E-state index in [4.69, 9.17) is 0 Å². The van der Waals surface area contributed by atoms with Gasteiger partial charge in [0, 0.05) is 0 Å². The van der Waals surface area contributed by atoms with Gasteiger partial charge in [-0.2, -0.15) is 0 Å². The second-order valence-electron chi connectivity index (χ2n) is 35.5. The van der Waals surface area contributed by atoms with Crippen molar-refractivity contribution < 1.29 is 95.9 Å². The fourth-order valence-corrected chi connectivity index (χ4v) is 26.7. The first-order valence-electron chi connectivity index (χ1n) is 39.3. The van der Waals surface area contributed by atoms with Gasteiger partial charge in [-0.05, 0) is 0 Å². The van der Waals surface area contributed by atoms with Crippen LogP contribution in [0.25, 0.3) is 0 Å². The van der Waals surface area contributed by atoms with Gasteiger partial charge in [0.25, 0.3) is 0 Å². The molecule has 124 heavy (non-hydrogen) atoms. The Morgan fingerprint density at radius 1 is 0.0887 bits per heavy atom. The smallest absolute Gasteiger partial charge is 0.282 e. The van der Waals surface area contributed by atoms with Crippen LogP contribution in [0.4, 0.5) is 95.9 Å². The van der Waals surface area contributed by atoms with Crippen LogP contribution in [0.15, 0.2) is 0 Å². The van der Waals surface area contributed by atoms with Crippen molar-refractivity contribution in [3.8, 4) is 0 Å². The van der Waals surface area contributed by atoms with Crippen LogP contribution in [-0.4, -0.2) is 573 Å². The van der Waals surface area contributed by atoms with E-state index in [1.54, 1.807) is 0 Å². The SMILES string of the molecule is C.C.C.C.O=C1N2CN3C(=O)N4CN5C(=O)N6CN7C(=O)N8CN9C(=O)N%10CN%11C(=O)N%12CN%13C(=O)N%14CN%15C(=O)N%16CN%17C(=O)N%18CN%19C(=O)N%20CN1C1C2N2CN%21C(=O)N(CN%22C(=O)N(CN%23C(=O)N(CN%24C(=O)N(CN%25C(=O)N(CN%26C(=O)N(CN%27C(=O)N(CN%28C(=O)N(CN%29C(=O)N(CN1C2=O)C%20C%19%29)C%18C%17%28)C%16C%15%27)C%14C%13%26)C%12C%11%25)C%10C9%24)C8C7%23)C6C5%22)C4C3%21. The number of nitrogens with zero attached hydrogens (tertiary/aromatic N) is 40. The minimum absolute atomic E-state index is 0. The second kappa shape index (κ2) is 20.8. The third kappa shape index (κ3) is 6.72. The van der Waals surface area contributed by atoms with Gasteiger partial charge in [-0.3, -0.25) is 196 Å². The molecule has 0 aromatic rings. The van der Waals surface area contributed by atoms with Gasteiger partial charge in [0.1, 0.15) is 133 Å². The van der Waals surface area contributed by atoms with Gasteiger partial charge in [0.15, 0.2) is 123 Å². The van der Waals surface area contributed by atoms with E-state index in [1.165, 1.54) is 196 Å². The molecule has 0 atom stereocenters. The van der Waals surface area contributed by atoms with Crippen molar-refractivity contribution in [3.05, 3.63) is 0 Å². The number of amides is 40. The van der Waals surface area contributed by atoms with Gasteiger partial charge in [-0.15, -0.1) is 0 Å². The van der Waals surface area contributed by atoms with Gasteiger partial charge in [-0.1, -0.05) is 29.7 Å². The van der Waals surface area contributed by atoms with Crippen LogP contribution >= 0.6 is 0 Å². The number of urea groups is 20. The van der Waals surface area contributed by atoms with Gasteiger partial charge in [-0.25, -0.2) is 95.9 Å². The van der Waals surface area contributed by atoms with Gasteiger partial charge in [0.2, 0.25) is 0 Å². The zero-order valence-corrected chi connectivity index (χ0v) is 61.7. The minimum Gasteiger partial charge on any atom is -0.282 e. The Morgan fingerprint density at radius 2 is 0.121 bits per heavy atom. The summed E-state index contributed by atoms with van der Waals surface area (Å²) < 4.78 is 0. The predicted molar refractivity (Wildman–Crippen MR) is 382 cm³/mol. The van der Waals surface area contributed by atoms with Crippen molar-refractivity contribution in [2.75, 3.05) is 133 Å². The second-order valence-corrected chi connectivity index (χ2v) is 35.5. The summed E-state index contributed by atoms with van der Waals surface area (Å²) in [5.74, 6) is 0. The summed E-state index contributed by atoms with van der Waals surface area (Å²) in [5.41, 5.74) is 0. The summed E-state index contributed by atoms with van der Waals surface area (Å²) in [4.78, 5) is 365. The molecule has 0 aromatic carbocycles. The molecule has 30 saturated heterocycles. The molecule has 30 heterocycles. The summed E-state index contributed by atoms with van der Waals surface area (Å²) in [6.07, 6.45) is -27.0. The Labute approximate surface area is 696 Å². The first kappa shape index (κ1) is 70.1. The van der Waals surface area contributed by atoms with Crippen molar-refractivity contribution in [2.45, 2.75) is 153 Å². The number of rotatable bonds is 0. The van der Waals surface area contributed by atoms with Gasteiger partial charge >= 0.3 is 121 Å². The van der Waals surface area contributed by atoms with Crippen LogP contribution < -0.4 is 0 Å². The topological polar surface area (TPSA) is 471 Å². The zero-order valence-electron chi connectivity index (χ0n) is 61.7. The van der Waals surface area contributed by atoms with Crippen LogP contribution in [0.1, 0.15) is 29.7 Å². The molecule has 30 aliphatic rings. The van der Waals surface area contributed by atoms with E-state index in [-0.39, 0.29) is 29.7 Å². The van der Waals surface area contributed by atoms with E-state index in [0.717, 1.165) is 0 Å². The minimum atomic E-state index is -1.35.